The van der Waals surface area contributed by atoms with E-state index in [9.17, 15) is 0 Å². The number of fused-ring (bicyclic) bond motifs is 1. The number of aromatic nitrogens is 1. The summed E-state index contributed by atoms with van der Waals surface area (Å²) >= 11 is 12.0. The molecule has 0 radical (unpaired) electrons. The van der Waals surface area contributed by atoms with Gasteiger partial charge < -0.3 is 9.72 Å². The van der Waals surface area contributed by atoms with Gasteiger partial charge >= 0.3 is 0 Å². The van der Waals surface area contributed by atoms with Crippen LogP contribution in [0, 0.1) is 0 Å². The normalized spacial score (nSPS) is 10.8. The quantitative estimate of drug-likeness (QED) is 0.717. The number of hydrogen-bond acceptors (Lipinski definition) is 1. The van der Waals surface area contributed by atoms with E-state index in [2.05, 4.69) is 4.98 Å². The van der Waals surface area contributed by atoms with E-state index in [0.717, 1.165) is 27.4 Å². The molecular formula is C15H11Cl2NO. The van der Waals surface area contributed by atoms with Crippen LogP contribution in [-0.2, 0) is 6.61 Å². The molecule has 0 aliphatic rings. The zero-order chi connectivity index (χ0) is 13.2. The molecule has 0 spiro atoms. The van der Waals surface area contributed by atoms with Crippen molar-refractivity contribution in [1.82, 2.24) is 4.98 Å². The van der Waals surface area contributed by atoms with Gasteiger partial charge in [-0.3, -0.25) is 0 Å². The topological polar surface area (TPSA) is 25.0 Å². The number of hydrogen-bond donors (Lipinski definition) is 1. The van der Waals surface area contributed by atoms with Crippen LogP contribution in [0.1, 0.15) is 5.69 Å². The smallest absolute Gasteiger partial charge is 0.128 e. The van der Waals surface area contributed by atoms with E-state index in [4.69, 9.17) is 27.9 Å². The number of benzene rings is 2. The summed E-state index contributed by atoms with van der Waals surface area (Å²) in [7, 11) is 0. The average molecular weight is 292 g/mol. The Morgan fingerprint density at radius 2 is 1.79 bits per heavy atom. The van der Waals surface area contributed by atoms with Gasteiger partial charge in [0.1, 0.15) is 12.4 Å². The molecule has 0 atom stereocenters. The zero-order valence-corrected chi connectivity index (χ0v) is 11.5. The third kappa shape index (κ3) is 2.70. The molecule has 19 heavy (non-hydrogen) atoms. The summed E-state index contributed by atoms with van der Waals surface area (Å²) in [5, 5.41) is 2.45. The van der Waals surface area contributed by atoms with E-state index in [1.807, 2.05) is 36.4 Å². The van der Waals surface area contributed by atoms with Gasteiger partial charge in [-0.1, -0.05) is 29.3 Å². The second-order valence-electron chi connectivity index (χ2n) is 4.24. The first-order chi connectivity index (χ1) is 9.22. The van der Waals surface area contributed by atoms with Gasteiger partial charge in [-0.15, -0.1) is 0 Å². The number of nitrogens with one attached hydrogen (secondary N) is 1. The molecule has 2 nitrogen and oxygen atoms in total. The number of rotatable bonds is 3. The van der Waals surface area contributed by atoms with Crippen LogP contribution < -0.4 is 4.74 Å². The van der Waals surface area contributed by atoms with Crippen molar-refractivity contribution in [3.8, 4) is 5.75 Å². The fraction of sp³-hybridized carbons (Fsp3) is 0.0667. The standard InChI is InChI=1S/C15H11Cl2NO/c16-10-4-6-12(7-5-10)19-9-11-8-13-14(17)2-1-3-15(13)18-11/h1-8,18H,9H2. The molecule has 0 unspecified atom stereocenters. The third-order valence-electron chi connectivity index (χ3n) is 2.87. The molecule has 0 fully saturated rings. The Morgan fingerprint density at radius 1 is 1.00 bits per heavy atom. The molecule has 0 aliphatic carbocycles. The summed E-state index contributed by atoms with van der Waals surface area (Å²) in [6, 6.07) is 15.1. The van der Waals surface area contributed by atoms with Crippen molar-refractivity contribution < 1.29 is 4.74 Å². The molecule has 2 aromatic carbocycles. The van der Waals surface area contributed by atoms with Gasteiger partial charge in [0.15, 0.2) is 0 Å². The van der Waals surface area contributed by atoms with Crippen LogP contribution in [0.3, 0.4) is 0 Å². The van der Waals surface area contributed by atoms with Crippen LogP contribution in [0.15, 0.2) is 48.5 Å². The van der Waals surface area contributed by atoms with Crippen LogP contribution in [-0.4, -0.2) is 4.98 Å². The zero-order valence-electron chi connectivity index (χ0n) is 9.99. The Morgan fingerprint density at radius 3 is 2.53 bits per heavy atom. The SMILES string of the molecule is Clc1ccc(OCc2cc3c(Cl)cccc3[nH]2)cc1. The van der Waals surface area contributed by atoms with E-state index in [-0.39, 0.29) is 0 Å². The molecule has 0 bridgehead atoms. The maximum absolute atomic E-state index is 6.13. The molecule has 3 aromatic rings. The maximum atomic E-state index is 6.13. The maximum Gasteiger partial charge on any atom is 0.128 e. The fourth-order valence-corrected chi connectivity index (χ4v) is 2.30. The number of halogens is 2. The van der Waals surface area contributed by atoms with Crippen LogP contribution in [0.2, 0.25) is 10.0 Å². The van der Waals surface area contributed by atoms with Crippen molar-refractivity contribution in [3.05, 3.63) is 64.3 Å². The van der Waals surface area contributed by atoms with Crippen molar-refractivity contribution >= 4 is 34.1 Å². The first kappa shape index (κ1) is 12.4. The molecule has 1 heterocycles. The van der Waals surface area contributed by atoms with Gasteiger partial charge in [-0.25, -0.2) is 0 Å². The Balaban J connectivity index is 1.78. The average Bonchev–Trinajstić information content (AvgIpc) is 2.83. The first-order valence-corrected chi connectivity index (χ1v) is 6.62. The summed E-state index contributed by atoms with van der Waals surface area (Å²) in [4.78, 5) is 3.28. The lowest BCUT2D eigenvalue weighted by Crippen LogP contribution is -1.94. The summed E-state index contributed by atoms with van der Waals surface area (Å²) in [5.74, 6) is 0.786. The molecule has 3 rings (SSSR count). The van der Waals surface area contributed by atoms with Gasteiger partial charge in [0.25, 0.3) is 0 Å². The fourth-order valence-electron chi connectivity index (χ4n) is 1.95. The molecule has 0 saturated heterocycles. The summed E-state index contributed by atoms with van der Waals surface area (Å²) in [6.07, 6.45) is 0. The highest BCUT2D eigenvalue weighted by Crippen LogP contribution is 2.24. The van der Waals surface area contributed by atoms with Crippen LogP contribution in [0.5, 0.6) is 5.75 Å². The Kier molecular flexibility index (Phi) is 3.36. The van der Waals surface area contributed by atoms with Crippen LogP contribution >= 0.6 is 23.2 Å². The highest BCUT2D eigenvalue weighted by atomic mass is 35.5. The molecule has 0 saturated carbocycles. The van der Waals surface area contributed by atoms with Crippen molar-refractivity contribution in [2.45, 2.75) is 6.61 Å². The predicted octanol–water partition coefficient (Wildman–Crippen LogP) is 5.05. The predicted molar refractivity (Wildman–Crippen MR) is 79.1 cm³/mol. The molecule has 1 aromatic heterocycles. The van der Waals surface area contributed by atoms with Gasteiger partial charge in [0, 0.05) is 20.9 Å². The monoisotopic (exact) mass is 291 g/mol. The van der Waals surface area contributed by atoms with E-state index < -0.39 is 0 Å². The Bertz CT molecular complexity index is 704. The first-order valence-electron chi connectivity index (χ1n) is 5.87. The third-order valence-corrected chi connectivity index (χ3v) is 3.46. The minimum absolute atomic E-state index is 0.465. The van der Waals surface area contributed by atoms with Gasteiger partial charge in [-0.05, 0) is 42.5 Å². The largest absolute Gasteiger partial charge is 0.487 e. The summed E-state index contributed by atoms with van der Waals surface area (Å²) in [5.41, 5.74) is 2.00. The highest BCUT2D eigenvalue weighted by molar-refractivity contribution is 6.35. The minimum atomic E-state index is 0.465. The van der Waals surface area contributed by atoms with E-state index in [0.29, 0.717) is 11.6 Å². The lowest BCUT2D eigenvalue weighted by molar-refractivity contribution is 0.302. The van der Waals surface area contributed by atoms with Gasteiger partial charge in [-0.2, -0.15) is 0 Å². The Hall–Kier alpha value is -1.64. The molecule has 1 N–H and O–H groups in total. The number of aromatic amines is 1. The second kappa shape index (κ2) is 5.16. The molecule has 0 aliphatic heterocycles. The van der Waals surface area contributed by atoms with Crippen molar-refractivity contribution in [2.75, 3.05) is 0 Å². The second-order valence-corrected chi connectivity index (χ2v) is 5.08. The molecule has 0 amide bonds. The van der Waals surface area contributed by atoms with Crippen molar-refractivity contribution in [1.29, 1.82) is 0 Å². The van der Waals surface area contributed by atoms with Gasteiger partial charge in [0.05, 0.1) is 5.69 Å². The minimum Gasteiger partial charge on any atom is -0.487 e. The Labute approximate surface area is 120 Å². The van der Waals surface area contributed by atoms with Crippen molar-refractivity contribution in [3.63, 3.8) is 0 Å². The summed E-state index contributed by atoms with van der Waals surface area (Å²) in [6.45, 7) is 0.465. The van der Waals surface area contributed by atoms with E-state index in [1.54, 1.807) is 12.1 Å². The molecular weight excluding hydrogens is 281 g/mol. The van der Waals surface area contributed by atoms with Crippen LogP contribution in [0.25, 0.3) is 10.9 Å². The molecule has 96 valence electrons. The van der Waals surface area contributed by atoms with E-state index >= 15 is 0 Å². The lowest BCUT2D eigenvalue weighted by Gasteiger charge is -2.04. The number of ether oxygens (including phenoxy) is 1. The molecule has 4 heteroatoms. The summed E-state index contributed by atoms with van der Waals surface area (Å²) < 4.78 is 5.68. The van der Waals surface area contributed by atoms with Crippen molar-refractivity contribution in [2.24, 2.45) is 0 Å². The highest BCUT2D eigenvalue weighted by Gasteiger charge is 2.04. The van der Waals surface area contributed by atoms with E-state index in [1.165, 1.54) is 0 Å². The lowest BCUT2D eigenvalue weighted by atomic mass is 10.2. The van der Waals surface area contributed by atoms with Crippen LogP contribution in [0.4, 0.5) is 0 Å². The number of H-pyrrole nitrogens is 1. The van der Waals surface area contributed by atoms with Gasteiger partial charge in [0.2, 0.25) is 0 Å².